The number of aromatic nitrogens is 3. The van der Waals surface area contributed by atoms with E-state index in [4.69, 9.17) is 4.74 Å². The van der Waals surface area contributed by atoms with Crippen molar-refractivity contribution in [1.82, 2.24) is 19.9 Å². The van der Waals surface area contributed by atoms with Gasteiger partial charge in [-0.15, -0.1) is 0 Å². The quantitative estimate of drug-likeness (QED) is 0.886. The van der Waals surface area contributed by atoms with Gasteiger partial charge in [-0.05, 0) is 32.9 Å². The van der Waals surface area contributed by atoms with Gasteiger partial charge in [-0.2, -0.15) is 0 Å². The molecular weight excluding hydrogens is 330 g/mol. The van der Waals surface area contributed by atoms with Crippen LogP contribution in [-0.2, 0) is 9.53 Å². The molecule has 0 aromatic carbocycles. The highest BCUT2D eigenvalue weighted by molar-refractivity contribution is 5.77. The lowest BCUT2D eigenvalue weighted by Gasteiger charge is -2.35. The van der Waals surface area contributed by atoms with E-state index in [2.05, 4.69) is 20.3 Å². The Morgan fingerprint density at radius 2 is 1.92 bits per heavy atom. The Kier molecular flexibility index (Phi) is 5.78. The Labute approximate surface area is 153 Å². The average molecular weight is 355 g/mol. The van der Waals surface area contributed by atoms with Crippen molar-refractivity contribution in [2.24, 2.45) is 0 Å². The number of carbonyl (C=O) groups excluding carboxylic acids is 1. The van der Waals surface area contributed by atoms with Gasteiger partial charge in [-0.3, -0.25) is 9.78 Å². The molecule has 1 aliphatic heterocycles. The minimum Gasteiger partial charge on any atom is -0.372 e. The fourth-order valence-electron chi connectivity index (χ4n) is 3.13. The molecule has 138 valence electrons. The van der Waals surface area contributed by atoms with E-state index >= 15 is 0 Å². The van der Waals surface area contributed by atoms with E-state index in [1.165, 1.54) is 0 Å². The molecule has 1 fully saturated rings. The monoisotopic (exact) mass is 355 g/mol. The van der Waals surface area contributed by atoms with E-state index in [-0.39, 0.29) is 18.1 Å². The van der Waals surface area contributed by atoms with Gasteiger partial charge in [-0.25, -0.2) is 9.97 Å². The van der Waals surface area contributed by atoms with Crippen LogP contribution in [0.5, 0.6) is 0 Å². The van der Waals surface area contributed by atoms with E-state index in [0.717, 1.165) is 17.1 Å². The largest absolute Gasteiger partial charge is 0.372 e. The van der Waals surface area contributed by atoms with Gasteiger partial charge in [0.2, 0.25) is 5.91 Å². The van der Waals surface area contributed by atoms with Crippen molar-refractivity contribution >= 4 is 11.7 Å². The Hall–Kier alpha value is -2.54. The number of ether oxygens (including phenoxy) is 1. The summed E-state index contributed by atoms with van der Waals surface area (Å²) >= 11 is 0. The van der Waals surface area contributed by atoms with Gasteiger partial charge in [0.05, 0.1) is 12.2 Å². The van der Waals surface area contributed by atoms with Crippen LogP contribution in [0.3, 0.4) is 0 Å². The number of aryl methyl sites for hydroxylation is 1. The topological polar surface area (TPSA) is 80.2 Å². The number of amides is 1. The highest BCUT2D eigenvalue weighted by Crippen LogP contribution is 2.17. The molecule has 0 spiro atoms. The predicted octanol–water partition coefficient (Wildman–Crippen LogP) is 2.28. The van der Waals surface area contributed by atoms with Crippen molar-refractivity contribution in [3.63, 3.8) is 0 Å². The van der Waals surface area contributed by atoms with Gasteiger partial charge in [0.15, 0.2) is 5.82 Å². The van der Waals surface area contributed by atoms with E-state index < -0.39 is 0 Å². The molecule has 26 heavy (non-hydrogen) atoms. The summed E-state index contributed by atoms with van der Waals surface area (Å²) in [5.41, 5.74) is 1.79. The molecule has 2 atom stereocenters. The number of nitrogens with zero attached hydrogens (tertiary/aromatic N) is 4. The summed E-state index contributed by atoms with van der Waals surface area (Å²) in [4.78, 5) is 27.3. The number of rotatable bonds is 5. The van der Waals surface area contributed by atoms with Gasteiger partial charge in [0.25, 0.3) is 0 Å². The fraction of sp³-hybridized carbons (Fsp3) is 0.474. The molecule has 0 saturated carbocycles. The summed E-state index contributed by atoms with van der Waals surface area (Å²) < 4.78 is 5.68. The molecule has 3 heterocycles. The first kappa shape index (κ1) is 18.3. The molecule has 3 rings (SSSR count). The summed E-state index contributed by atoms with van der Waals surface area (Å²) in [6.07, 6.45) is 4.03. The third-order valence-electron chi connectivity index (χ3n) is 4.21. The van der Waals surface area contributed by atoms with Crippen molar-refractivity contribution in [2.45, 2.75) is 39.4 Å². The van der Waals surface area contributed by atoms with E-state index in [1.807, 2.05) is 43.9 Å². The highest BCUT2D eigenvalue weighted by atomic mass is 16.5. The zero-order valence-corrected chi connectivity index (χ0v) is 15.5. The van der Waals surface area contributed by atoms with Gasteiger partial charge in [-0.1, -0.05) is 0 Å². The van der Waals surface area contributed by atoms with Crippen LogP contribution in [0.4, 0.5) is 5.82 Å². The zero-order chi connectivity index (χ0) is 18.5. The summed E-state index contributed by atoms with van der Waals surface area (Å²) in [6, 6.07) is 5.64. The molecule has 1 saturated heterocycles. The van der Waals surface area contributed by atoms with Gasteiger partial charge >= 0.3 is 0 Å². The lowest BCUT2D eigenvalue weighted by atomic mass is 10.2. The maximum Gasteiger partial charge on any atom is 0.224 e. The van der Waals surface area contributed by atoms with Gasteiger partial charge in [0, 0.05) is 55.8 Å². The summed E-state index contributed by atoms with van der Waals surface area (Å²) in [5, 5.41) is 3.24. The van der Waals surface area contributed by atoms with E-state index in [0.29, 0.717) is 31.9 Å². The van der Waals surface area contributed by atoms with Crippen molar-refractivity contribution in [3.05, 3.63) is 36.3 Å². The first-order valence-electron chi connectivity index (χ1n) is 8.94. The van der Waals surface area contributed by atoms with Crippen LogP contribution in [0.1, 0.15) is 26.0 Å². The van der Waals surface area contributed by atoms with Gasteiger partial charge in [0.1, 0.15) is 5.82 Å². The van der Waals surface area contributed by atoms with Gasteiger partial charge < -0.3 is 15.0 Å². The lowest BCUT2D eigenvalue weighted by Crippen LogP contribution is -2.48. The number of nitrogens with one attached hydrogen (secondary N) is 1. The maximum atomic E-state index is 12.4. The average Bonchev–Trinajstić information content (AvgIpc) is 2.61. The van der Waals surface area contributed by atoms with Crippen LogP contribution in [0.25, 0.3) is 11.4 Å². The van der Waals surface area contributed by atoms with Crippen LogP contribution in [0, 0.1) is 6.92 Å². The molecule has 1 aliphatic rings. The zero-order valence-electron chi connectivity index (χ0n) is 15.5. The molecule has 0 radical (unpaired) electrons. The highest BCUT2D eigenvalue weighted by Gasteiger charge is 2.25. The van der Waals surface area contributed by atoms with Crippen LogP contribution in [-0.4, -0.2) is 57.6 Å². The SMILES string of the molecule is Cc1cc(NCCC(=O)N2C[C@@H](C)O[C@H](C)C2)nc(-c2ccncc2)n1. The van der Waals surface area contributed by atoms with E-state index in [1.54, 1.807) is 12.4 Å². The van der Waals surface area contributed by atoms with Crippen molar-refractivity contribution in [3.8, 4) is 11.4 Å². The molecule has 0 bridgehead atoms. The molecule has 0 aliphatic carbocycles. The molecule has 2 aromatic rings. The van der Waals surface area contributed by atoms with Crippen molar-refractivity contribution < 1.29 is 9.53 Å². The van der Waals surface area contributed by atoms with E-state index in [9.17, 15) is 4.79 Å². The van der Waals surface area contributed by atoms with Crippen LogP contribution in [0.15, 0.2) is 30.6 Å². The Morgan fingerprint density at radius 3 is 2.62 bits per heavy atom. The molecule has 1 amide bonds. The summed E-state index contributed by atoms with van der Waals surface area (Å²) in [6.45, 7) is 7.77. The van der Waals surface area contributed by atoms with Crippen LogP contribution in [0.2, 0.25) is 0 Å². The first-order chi connectivity index (χ1) is 12.5. The number of carbonyl (C=O) groups is 1. The molecule has 0 unspecified atom stereocenters. The molecular formula is C19H25N5O2. The van der Waals surface area contributed by atoms with Crippen molar-refractivity contribution in [2.75, 3.05) is 25.0 Å². The normalized spacial score (nSPS) is 20.0. The Bertz CT molecular complexity index is 743. The second-order valence-corrected chi connectivity index (χ2v) is 6.69. The Balaban J connectivity index is 1.58. The number of hydrogen-bond donors (Lipinski definition) is 1. The van der Waals surface area contributed by atoms with Crippen LogP contribution >= 0.6 is 0 Å². The van der Waals surface area contributed by atoms with Crippen molar-refractivity contribution in [1.29, 1.82) is 0 Å². The van der Waals surface area contributed by atoms with Crippen LogP contribution < -0.4 is 5.32 Å². The second-order valence-electron chi connectivity index (χ2n) is 6.69. The minimum absolute atomic E-state index is 0.0862. The fourth-order valence-corrected chi connectivity index (χ4v) is 3.13. The first-order valence-corrected chi connectivity index (χ1v) is 8.94. The summed E-state index contributed by atoms with van der Waals surface area (Å²) in [5.74, 6) is 1.51. The maximum absolute atomic E-state index is 12.4. The molecule has 2 aromatic heterocycles. The number of anilines is 1. The summed E-state index contributed by atoms with van der Waals surface area (Å²) in [7, 11) is 0. The predicted molar refractivity (Wildman–Crippen MR) is 99.7 cm³/mol. The molecule has 7 heteroatoms. The lowest BCUT2D eigenvalue weighted by molar-refractivity contribution is -0.142. The second kappa shape index (κ2) is 8.23. The third kappa shape index (κ3) is 4.76. The number of morpholine rings is 1. The molecule has 7 nitrogen and oxygen atoms in total. The smallest absolute Gasteiger partial charge is 0.224 e. The third-order valence-corrected chi connectivity index (χ3v) is 4.21. The number of pyridine rings is 1. The standard InChI is InChI=1S/C19H25N5O2/c1-13-10-17(23-19(22-13)16-4-7-20-8-5-16)21-9-6-18(25)24-11-14(2)26-15(3)12-24/h4-5,7-8,10,14-15H,6,9,11-12H2,1-3H3,(H,21,22,23)/t14-,15-/m1/s1. The molecule has 1 N–H and O–H groups in total. The Morgan fingerprint density at radius 1 is 1.23 bits per heavy atom. The minimum atomic E-state index is 0.0862. The number of hydrogen-bond acceptors (Lipinski definition) is 6.